The van der Waals surface area contributed by atoms with Crippen LogP contribution in [0, 0.1) is 0 Å². The number of hydrogen-bond donors (Lipinski definition) is 1. The van der Waals surface area contributed by atoms with Crippen LogP contribution in [0.4, 0.5) is 0 Å². The molecule has 1 N–H and O–H groups in total. The molecule has 0 aliphatic heterocycles. The second kappa shape index (κ2) is 7.49. The molecule has 1 aromatic rings. The van der Waals surface area contributed by atoms with Crippen LogP contribution < -0.4 is 5.32 Å². The average Bonchev–Trinajstić information content (AvgIpc) is 2.48. The van der Waals surface area contributed by atoms with Gasteiger partial charge >= 0.3 is 0 Å². The summed E-state index contributed by atoms with van der Waals surface area (Å²) < 4.78 is 0. The molecule has 2 rings (SSSR count). The van der Waals surface area contributed by atoms with Crippen molar-refractivity contribution in [2.24, 2.45) is 0 Å². The van der Waals surface area contributed by atoms with Crippen molar-refractivity contribution >= 4 is 21.8 Å². The molecule has 0 heterocycles. The molecular weight excluding hydrogens is 302 g/mol. The van der Waals surface area contributed by atoms with Crippen LogP contribution in [-0.2, 0) is 5.33 Å². The zero-order valence-corrected chi connectivity index (χ0v) is 12.7. The lowest BCUT2D eigenvalue weighted by Gasteiger charge is -2.13. The minimum absolute atomic E-state index is 0.0255. The molecule has 102 valence electrons. The van der Waals surface area contributed by atoms with E-state index in [4.69, 9.17) is 0 Å². The van der Waals surface area contributed by atoms with Gasteiger partial charge in [-0.15, -0.1) is 0 Å². The molecule has 0 saturated carbocycles. The monoisotopic (exact) mass is 321 g/mol. The number of benzene rings is 1. The van der Waals surface area contributed by atoms with Gasteiger partial charge in [-0.1, -0.05) is 39.7 Å². The van der Waals surface area contributed by atoms with E-state index in [1.54, 1.807) is 0 Å². The number of carbonyl (C=O) groups is 1. The summed E-state index contributed by atoms with van der Waals surface area (Å²) in [6, 6.07) is 7.72. The Kier molecular flexibility index (Phi) is 5.64. The second-order valence-electron chi connectivity index (χ2n) is 4.94. The van der Waals surface area contributed by atoms with E-state index < -0.39 is 0 Å². The van der Waals surface area contributed by atoms with Gasteiger partial charge in [-0.3, -0.25) is 4.79 Å². The summed E-state index contributed by atoms with van der Waals surface area (Å²) in [6.07, 6.45) is 8.35. The van der Waals surface area contributed by atoms with Crippen LogP contribution in [-0.4, -0.2) is 12.5 Å². The molecule has 0 bridgehead atoms. The molecule has 0 atom stereocenters. The second-order valence-corrected chi connectivity index (χ2v) is 5.51. The Labute approximate surface area is 123 Å². The lowest BCUT2D eigenvalue weighted by Crippen LogP contribution is -2.24. The number of hydrogen-bond acceptors (Lipinski definition) is 1. The third-order valence-electron chi connectivity index (χ3n) is 3.49. The molecule has 19 heavy (non-hydrogen) atoms. The van der Waals surface area contributed by atoms with Gasteiger partial charge in [0.1, 0.15) is 0 Å². The van der Waals surface area contributed by atoms with Crippen LogP contribution >= 0.6 is 15.9 Å². The number of rotatable bonds is 5. The Morgan fingerprint density at radius 1 is 1.21 bits per heavy atom. The van der Waals surface area contributed by atoms with Crippen molar-refractivity contribution in [3.63, 3.8) is 0 Å². The van der Waals surface area contributed by atoms with E-state index in [2.05, 4.69) is 27.3 Å². The predicted octanol–water partition coefficient (Wildman–Crippen LogP) is 4.20. The summed E-state index contributed by atoms with van der Waals surface area (Å²) in [4.78, 5) is 11.9. The van der Waals surface area contributed by atoms with Gasteiger partial charge in [-0.25, -0.2) is 0 Å². The largest absolute Gasteiger partial charge is 0.352 e. The van der Waals surface area contributed by atoms with Crippen LogP contribution in [0.2, 0.25) is 0 Å². The number of alkyl halides is 1. The Morgan fingerprint density at radius 2 is 2.00 bits per heavy atom. The van der Waals surface area contributed by atoms with E-state index >= 15 is 0 Å². The summed E-state index contributed by atoms with van der Waals surface area (Å²) in [5, 5.41) is 3.81. The zero-order valence-electron chi connectivity index (χ0n) is 11.1. The van der Waals surface area contributed by atoms with Gasteiger partial charge < -0.3 is 5.32 Å². The maximum Gasteiger partial charge on any atom is 0.251 e. The first kappa shape index (κ1) is 14.3. The fraction of sp³-hybridized carbons (Fsp3) is 0.438. The van der Waals surface area contributed by atoms with Crippen molar-refractivity contribution in [3.8, 4) is 0 Å². The molecular formula is C16H20BrNO. The van der Waals surface area contributed by atoms with Gasteiger partial charge in [0.15, 0.2) is 0 Å². The molecule has 0 aromatic heterocycles. The van der Waals surface area contributed by atoms with Crippen molar-refractivity contribution in [2.45, 2.75) is 37.4 Å². The number of nitrogens with one attached hydrogen (secondary N) is 1. The van der Waals surface area contributed by atoms with Gasteiger partial charge in [-0.05, 0) is 49.8 Å². The maximum absolute atomic E-state index is 11.9. The minimum atomic E-state index is 0.0255. The van der Waals surface area contributed by atoms with Crippen LogP contribution in [0.1, 0.15) is 48.0 Å². The molecule has 0 unspecified atom stereocenters. The van der Waals surface area contributed by atoms with Crippen LogP contribution in [0.3, 0.4) is 0 Å². The molecule has 1 aromatic carbocycles. The van der Waals surface area contributed by atoms with Crippen LogP contribution in [0.15, 0.2) is 35.9 Å². The molecule has 0 spiro atoms. The number of carbonyl (C=O) groups excluding carboxylic acids is 1. The molecule has 1 aliphatic rings. The van der Waals surface area contributed by atoms with E-state index in [-0.39, 0.29) is 5.91 Å². The zero-order chi connectivity index (χ0) is 13.5. The molecule has 0 saturated heterocycles. The summed E-state index contributed by atoms with van der Waals surface area (Å²) in [6.45, 7) is 0.741. The normalized spacial score (nSPS) is 14.9. The van der Waals surface area contributed by atoms with E-state index in [0.717, 1.165) is 23.9 Å². The minimum Gasteiger partial charge on any atom is -0.352 e. The molecule has 2 nitrogen and oxygen atoms in total. The van der Waals surface area contributed by atoms with Gasteiger partial charge in [0, 0.05) is 17.4 Å². The van der Waals surface area contributed by atoms with Crippen molar-refractivity contribution in [1.29, 1.82) is 0 Å². The number of amides is 1. The summed E-state index contributed by atoms with van der Waals surface area (Å²) in [7, 11) is 0. The lowest BCUT2D eigenvalue weighted by molar-refractivity contribution is 0.0954. The van der Waals surface area contributed by atoms with Crippen molar-refractivity contribution in [1.82, 2.24) is 5.32 Å². The molecule has 1 aliphatic carbocycles. The average molecular weight is 322 g/mol. The van der Waals surface area contributed by atoms with Gasteiger partial charge in [0.2, 0.25) is 0 Å². The molecule has 0 fully saturated rings. The van der Waals surface area contributed by atoms with E-state index in [0.29, 0.717) is 0 Å². The Bertz CT molecular complexity index is 450. The highest BCUT2D eigenvalue weighted by atomic mass is 79.9. The van der Waals surface area contributed by atoms with Gasteiger partial charge in [0.25, 0.3) is 5.91 Å². The first-order valence-electron chi connectivity index (χ1n) is 6.90. The molecule has 0 radical (unpaired) electrons. The van der Waals surface area contributed by atoms with Crippen molar-refractivity contribution in [3.05, 3.63) is 47.0 Å². The third kappa shape index (κ3) is 4.50. The van der Waals surface area contributed by atoms with E-state index in [1.807, 2.05) is 24.3 Å². The Morgan fingerprint density at radius 3 is 2.63 bits per heavy atom. The first-order valence-corrected chi connectivity index (χ1v) is 8.03. The molecule has 3 heteroatoms. The Balaban J connectivity index is 1.78. The standard InChI is InChI=1S/C16H20BrNO/c17-12-14-6-8-15(9-7-14)16(19)18-11-10-13-4-2-1-3-5-13/h4,6-9H,1-3,5,10-12H2,(H,18,19). The van der Waals surface area contributed by atoms with Crippen molar-refractivity contribution in [2.75, 3.05) is 6.54 Å². The number of halogens is 1. The highest BCUT2D eigenvalue weighted by Gasteiger charge is 2.06. The quantitative estimate of drug-likeness (QED) is 0.639. The highest BCUT2D eigenvalue weighted by Crippen LogP contribution is 2.19. The molecule has 1 amide bonds. The van der Waals surface area contributed by atoms with E-state index in [9.17, 15) is 4.79 Å². The van der Waals surface area contributed by atoms with Gasteiger partial charge in [0.05, 0.1) is 0 Å². The van der Waals surface area contributed by atoms with Crippen LogP contribution in [0.5, 0.6) is 0 Å². The fourth-order valence-electron chi connectivity index (χ4n) is 2.32. The summed E-state index contributed by atoms with van der Waals surface area (Å²) >= 11 is 3.40. The topological polar surface area (TPSA) is 29.1 Å². The number of allylic oxidation sites excluding steroid dienone is 1. The summed E-state index contributed by atoms with van der Waals surface area (Å²) in [5.74, 6) is 0.0255. The fourth-order valence-corrected chi connectivity index (χ4v) is 2.69. The maximum atomic E-state index is 11.9. The lowest BCUT2D eigenvalue weighted by atomic mass is 9.97. The van der Waals surface area contributed by atoms with Crippen molar-refractivity contribution < 1.29 is 4.79 Å². The van der Waals surface area contributed by atoms with Crippen LogP contribution in [0.25, 0.3) is 0 Å². The predicted molar refractivity (Wildman–Crippen MR) is 82.6 cm³/mol. The highest BCUT2D eigenvalue weighted by molar-refractivity contribution is 9.08. The summed E-state index contributed by atoms with van der Waals surface area (Å²) in [5.41, 5.74) is 3.42. The van der Waals surface area contributed by atoms with E-state index in [1.165, 1.54) is 36.8 Å². The first-order chi connectivity index (χ1) is 9.29. The third-order valence-corrected chi connectivity index (χ3v) is 4.13. The smallest absolute Gasteiger partial charge is 0.251 e. The Hall–Kier alpha value is -1.09. The van der Waals surface area contributed by atoms with Gasteiger partial charge in [-0.2, -0.15) is 0 Å². The SMILES string of the molecule is O=C(NCCC1=CCCCC1)c1ccc(CBr)cc1.